The van der Waals surface area contributed by atoms with E-state index in [0.29, 0.717) is 43.7 Å². The highest BCUT2D eigenvalue weighted by Gasteiger charge is 2.40. The van der Waals surface area contributed by atoms with Gasteiger partial charge in [0, 0.05) is 31.8 Å². The molecular weight excluding hydrogens is 447 g/mol. The molecule has 1 aromatic carbocycles. The van der Waals surface area contributed by atoms with Gasteiger partial charge in [0.1, 0.15) is 16.8 Å². The molecule has 10 heteroatoms. The smallest absolute Gasteiger partial charge is 0.184 e. The molecule has 3 heterocycles. The number of rotatable bonds is 8. The fourth-order valence-corrected chi connectivity index (χ4v) is 6.56. The molecule has 2 aliphatic rings. The molecule has 5 rings (SSSR count). The fourth-order valence-electron chi connectivity index (χ4n) is 4.67. The van der Waals surface area contributed by atoms with Gasteiger partial charge in [0.05, 0.1) is 29.1 Å². The first-order valence-corrected chi connectivity index (χ1v) is 12.9. The Bertz CT molecular complexity index is 1290. The first-order valence-electron chi connectivity index (χ1n) is 11.3. The second-order valence-electron chi connectivity index (χ2n) is 9.07. The van der Waals surface area contributed by atoms with E-state index in [1.54, 1.807) is 28.7 Å². The molecule has 3 aromatic rings. The summed E-state index contributed by atoms with van der Waals surface area (Å²) in [7, 11) is -1.97. The molecule has 2 aromatic heterocycles. The Morgan fingerprint density at radius 2 is 1.97 bits per heavy atom. The van der Waals surface area contributed by atoms with Gasteiger partial charge in [-0.15, -0.1) is 0 Å². The lowest BCUT2D eigenvalue weighted by Gasteiger charge is -2.26. The van der Waals surface area contributed by atoms with E-state index >= 15 is 0 Å². The first-order chi connectivity index (χ1) is 15.8. The van der Waals surface area contributed by atoms with Gasteiger partial charge in [-0.1, -0.05) is 0 Å². The number of aromatic nitrogens is 4. The zero-order valence-corrected chi connectivity index (χ0v) is 19.3. The van der Waals surface area contributed by atoms with E-state index in [9.17, 15) is 17.6 Å². The normalized spacial score (nSPS) is 18.6. The lowest BCUT2D eigenvalue weighted by molar-refractivity contribution is -0.122. The number of carbonyl (C=O) groups is 1. The van der Waals surface area contributed by atoms with Crippen molar-refractivity contribution in [2.24, 2.45) is 13.0 Å². The third-order valence-electron chi connectivity index (χ3n) is 6.62. The van der Waals surface area contributed by atoms with E-state index in [2.05, 4.69) is 10.2 Å². The van der Waals surface area contributed by atoms with Crippen LogP contribution in [0.4, 0.5) is 4.39 Å². The third-order valence-corrected chi connectivity index (χ3v) is 8.95. The highest BCUT2D eigenvalue weighted by Crippen LogP contribution is 2.39. The Hall–Kier alpha value is -2.59. The minimum atomic E-state index is -3.77. The molecule has 1 aliphatic heterocycles. The Morgan fingerprint density at radius 3 is 2.64 bits per heavy atom. The van der Waals surface area contributed by atoms with Crippen LogP contribution in [0.2, 0.25) is 0 Å². The van der Waals surface area contributed by atoms with Gasteiger partial charge in [0.15, 0.2) is 15.6 Å². The van der Waals surface area contributed by atoms with Gasteiger partial charge in [0.25, 0.3) is 0 Å². The van der Waals surface area contributed by atoms with Crippen LogP contribution in [0, 0.1) is 11.7 Å². The van der Waals surface area contributed by atoms with Crippen molar-refractivity contribution < 1.29 is 22.3 Å². The SMILES string of the molecule is Cn1ccc(CC(=O)[C@@H](CC2CCOCC2)n2ncc3c(S(=O)(=O)C4CC4)c(F)ccc32)n1. The van der Waals surface area contributed by atoms with Gasteiger partial charge in [0.2, 0.25) is 0 Å². The molecule has 33 heavy (non-hydrogen) atoms. The molecule has 1 saturated heterocycles. The number of hydrogen-bond donors (Lipinski definition) is 0. The van der Waals surface area contributed by atoms with Crippen molar-refractivity contribution >= 4 is 26.5 Å². The van der Waals surface area contributed by atoms with E-state index in [-0.39, 0.29) is 28.4 Å². The standard InChI is InChI=1S/C23H27FN4O4S/c1-27-9-6-16(26-27)13-22(29)21(12-15-7-10-32-11-8-15)28-20-5-4-19(24)23(18(20)14-25-28)33(30,31)17-2-3-17/h4-6,9,14-15,17,21H,2-3,7-8,10-13H2,1H3/t21-/m1/s1. The molecule has 0 spiro atoms. The van der Waals surface area contributed by atoms with E-state index in [1.165, 1.54) is 18.3 Å². The molecule has 0 unspecified atom stereocenters. The van der Waals surface area contributed by atoms with Crippen LogP contribution < -0.4 is 0 Å². The molecular formula is C23H27FN4O4S. The van der Waals surface area contributed by atoms with Gasteiger partial charge in [-0.3, -0.25) is 14.2 Å². The van der Waals surface area contributed by atoms with Crippen molar-refractivity contribution in [1.82, 2.24) is 19.6 Å². The number of sulfone groups is 1. The van der Waals surface area contributed by atoms with Crippen LogP contribution in [0.3, 0.4) is 0 Å². The fraction of sp³-hybridized carbons (Fsp3) is 0.522. The Kier molecular flexibility index (Phi) is 5.82. The van der Waals surface area contributed by atoms with E-state index < -0.39 is 26.9 Å². The second-order valence-corrected chi connectivity index (χ2v) is 11.2. The summed E-state index contributed by atoms with van der Waals surface area (Å²) in [5, 5.41) is 8.46. The van der Waals surface area contributed by atoms with Crippen molar-refractivity contribution in [1.29, 1.82) is 0 Å². The van der Waals surface area contributed by atoms with Crippen molar-refractivity contribution in [3.05, 3.63) is 42.1 Å². The molecule has 8 nitrogen and oxygen atoms in total. The van der Waals surface area contributed by atoms with Gasteiger partial charge in [-0.2, -0.15) is 10.2 Å². The molecule has 1 aliphatic carbocycles. The largest absolute Gasteiger partial charge is 0.381 e. The van der Waals surface area contributed by atoms with Crippen molar-refractivity contribution in [3.63, 3.8) is 0 Å². The number of nitrogens with zero attached hydrogens (tertiary/aromatic N) is 4. The Labute approximate surface area is 191 Å². The summed E-state index contributed by atoms with van der Waals surface area (Å²) in [6.45, 7) is 1.31. The average molecular weight is 475 g/mol. The topological polar surface area (TPSA) is 96.1 Å². The molecule has 0 radical (unpaired) electrons. The number of Topliss-reactive ketones (excluding diaryl/α,β-unsaturated/α-hetero) is 1. The van der Waals surface area contributed by atoms with Gasteiger partial charge < -0.3 is 4.74 Å². The summed E-state index contributed by atoms with van der Waals surface area (Å²) >= 11 is 0. The van der Waals surface area contributed by atoms with Crippen LogP contribution in [0.25, 0.3) is 10.9 Å². The average Bonchev–Trinajstić information content (AvgIpc) is 3.47. The predicted molar refractivity (Wildman–Crippen MR) is 119 cm³/mol. The number of ketones is 1. The minimum Gasteiger partial charge on any atom is -0.381 e. The monoisotopic (exact) mass is 474 g/mol. The van der Waals surface area contributed by atoms with Crippen LogP contribution in [0.5, 0.6) is 0 Å². The van der Waals surface area contributed by atoms with Crippen LogP contribution in [0.1, 0.15) is 43.8 Å². The highest BCUT2D eigenvalue weighted by molar-refractivity contribution is 7.92. The number of hydrogen-bond acceptors (Lipinski definition) is 6. The Morgan fingerprint density at radius 1 is 1.21 bits per heavy atom. The maximum absolute atomic E-state index is 14.7. The highest BCUT2D eigenvalue weighted by atomic mass is 32.2. The lowest BCUT2D eigenvalue weighted by Crippen LogP contribution is -2.27. The molecule has 0 bridgehead atoms. The lowest BCUT2D eigenvalue weighted by atomic mass is 9.90. The number of benzene rings is 1. The summed E-state index contributed by atoms with van der Waals surface area (Å²) in [5.74, 6) is -0.540. The Balaban J connectivity index is 1.55. The number of halogens is 1. The van der Waals surface area contributed by atoms with Crippen molar-refractivity contribution in [3.8, 4) is 0 Å². The molecule has 2 fully saturated rings. The summed E-state index contributed by atoms with van der Waals surface area (Å²) in [5.41, 5.74) is 1.13. The van der Waals surface area contributed by atoms with E-state index in [4.69, 9.17) is 4.74 Å². The summed E-state index contributed by atoms with van der Waals surface area (Å²) in [6.07, 6.45) is 6.67. The molecule has 0 N–H and O–H groups in total. The second kappa shape index (κ2) is 8.64. The maximum atomic E-state index is 14.7. The summed E-state index contributed by atoms with van der Waals surface area (Å²) < 4.78 is 49.3. The van der Waals surface area contributed by atoms with Crippen molar-refractivity contribution in [2.45, 2.75) is 54.7 Å². The zero-order chi connectivity index (χ0) is 23.2. The van der Waals surface area contributed by atoms with Crippen LogP contribution >= 0.6 is 0 Å². The molecule has 1 atom stereocenters. The van der Waals surface area contributed by atoms with Gasteiger partial charge >= 0.3 is 0 Å². The van der Waals surface area contributed by atoms with Crippen molar-refractivity contribution in [2.75, 3.05) is 13.2 Å². The predicted octanol–water partition coefficient (Wildman–Crippen LogP) is 3.01. The first kappa shape index (κ1) is 22.2. The maximum Gasteiger partial charge on any atom is 0.184 e. The number of fused-ring (bicyclic) bond motifs is 1. The quantitative estimate of drug-likeness (QED) is 0.498. The third kappa shape index (κ3) is 4.33. The number of carbonyl (C=O) groups excluding carboxylic acids is 1. The van der Waals surface area contributed by atoms with Crippen LogP contribution in [-0.4, -0.2) is 52.2 Å². The van der Waals surface area contributed by atoms with Crippen LogP contribution in [0.15, 0.2) is 35.5 Å². The van der Waals surface area contributed by atoms with E-state index in [1.807, 2.05) is 0 Å². The van der Waals surface area contributed by atoms with E-state index in [0.717, 1.165) is 12.8 Å². The van der Waals surface area contributed by atoms with Gasteiger partial charge in [-0.25, -0.2) is 12.8 Å². The molecule has 176 valence electrons. The van der Waals surface area contributed by atoms with Gasteiger partial charge in [-0.05, 0) is 56.2 Å². The summed E-state index contributed by atoms with van der Waals surface area (Å²) in [6, 6.07) is 3.90. The zero-order valence-electron chi connectivity index (χ0n) is 18.5. The molecule has 1 saturated carbocycles. The minimum absolute atomic E-state index is 0.0545. The number of ether oxygens (including phenoxy) is 1. The summed E-state index contributed by atoms with van der Waals surface area (Å²) in [4.78, 5) is 13.2. The molecule has 0 amide bonds. The number of aryl methyl sites for hydroxylation is 1. The van der Waals surface area contributed by atoms with Crippen LogP contribution in [-0.2, 0) is 32.8 Å².